The molecule has 3 heterocycles. The SMILES string of the molecule is C[C@@H]1COCC[C@@H]1Nc1ncc2nc(Nc3c(F)cc(Cl)cc3Cl)n([C@H]3CC[C@@H](C(N)=O)CC3)c2n1. The number of carbonyl (C=O) groups excluding carboxylic acids is 1. The quantitative estimate of drug-likeness (QED) is 0.402. The molecule has 12 heteroatoms. The summed E-state index contributed by atoms with van der Waals surface area (Å²) in [5.41, 5.74) is 6.79. The van der Waals surface area contributed by atoms with Gasteiger partial charge in [0.1, 0.15) is 11.3 Å². The zero-order chi connectivity index (χ0) is 25.4. The largest absolute Gasteiger partial charge is 0.381 e. The maximum Gasteiger partial charge on any atom is 0.224 e. The number of ether oxygens (including phenoxy) is 1. The number of aromatic nitrogens is 4. The van der Waals surface area contributed by atoms with Crippen molar-refractivity contribution >= 4 is 57.9 Å². The molecule has 1 aliphatic carbocycles. The monoisotopic (exact) mass is 535 g/mol. The lowest BCUT2D eigenvalue weighted by atomic mass is 9.85. The summed E-state index contributed by atoms with van der Waals surface area (Å²) in [7, 11) is 0. The standard InChI is InChI=1S/C24H28Cl2FN7O2/c1-12-11-36-7-6-18(12)30-23-29-10-19-22(33-23)34(15-4-2-13(3-5-15)21(28)35)24(31-19)32-20-16(26)8-14(25)9-17(20)27/h8-10,12-13,15,18H,2-7,11H2,1H3,(H2,28,35)(H,31,32)(H,29,30,33)/t12-,13-,15+,18+/m1/s1. The van der Waals surface area contributed by atoms with E-state index in [9.17, 15) is 9.18 Å². The van der Waals surface area contributed by atoms with Gasteiger partial charge in [0.25, 0.3) is 0 Å². The Labute approximate surface area is 217 Å². The van der Waals surface area contributed by atoms with Crippen molar-refractivity contribution in [1.82, 2.24) is 19.5 Å². The second-order valence-corrected chi connectivity index (χ2v) is 10.4. The third-order valence-corrected chi connectivity index (χ3v) is 7.61. The van der Waals surface area contributed by atoms with Crippen LogP contribution in [-0.4, -0.2) is 44.7 Å². The van der Waals surface area contributed by atoms with Crippen molar-refractivity contribution in [2.45, 2.75) is 51.1 Å². The molecule has 1 saturated carbocycles. The lowest BCUT2D eigenvalue weighted by Crippen LogP contribution is -2.36. The number of primary amides is 1. The van der Waals surface area contributed by atoms with Crippen LogP contribution in [0.3, 0.4) is 0 Å². The van der Waals surface area contributed by atoms with Crippen LogP contribution in [0.4, 0.5) is 22.0 Å². The zero-order valence-electron chi connectivity index (χ0n) is 19.8. The van der Waals surface area contributed by atoms with E-state index in [1.807, 2.05) is 4.57 Å². The van der Waals surface area contributed by atoms with Crippen LogP contribution in [0.2, 0.25) is 10.0 Å². The van der Waals surface area contributed by atoms with E-state index in [1.165, 1.54) is 12.1 Å². The van der Waals surface area contributed by atoms with E-state index in [-0.39, 0.29) is 39.6 Å². The third-order valence-electron chi connectivity index (χ3n) is 7.10. The number of nitrogens with two attached hydrogens (primary N) is 1. The van der Waals surface area contributed by atoms with E-state index < -0.39 is 5.82 Å². The minimum absolute atomic E-state index is 0.0213. The van der Waals surface area contributed by atoms with E-state index in [4.69, 9.17) is 38.7 Å². The number of fused-ring (bicyclic) bond motifs is 1. The fourth-order valence-electron chi connectivity index (χ4n) is 5.05. The van der Waals surface area contributed by atoms with Gasteiger partial charge in [-0.25, -0.2) is 14.4 Å². The first-order valence-electron chi connectivity index (χ1n) is 12.1. The molecule has 4 N–H and O–H groups in total. The molecule has 192 valence electrons. The normalized spacial score (nSPS) is 24.6. The van der Waals surface area contributed by atoms with E-state index in [1.54, 1.807) is 6.20 Å². The van der Waals surface area contributed by atoms with Crippen molar-refractivity contribution in [3.63, 3.8) is 0 Å². The van der Waals surface area contributed by atoms with Gasteiger partial charge in [0.05, 0.1) is 23.5 Å². The van der Waals surface area contributed by atoms with Crippen LogP contribution in [0.5, 0.6) is 0 Å². The molecule has 2 fully saturated rings. The van der Waals surface area contributed by atoms with Gasteiger partial charge < -0.3 is 21.1 Å². The molecule has 2 aromatic heterocycles. The van der Waals surface area contributed by atoms with E-state index in [2.05, 4.69) is 27.5 Å². The molecule has 2 aliphatic rings. The van der Waals surface area contributed by atoms with E-state index >= 15 is 0 Å². The van der Waals surface area contributed by atoms with Crippen molar-refractivity contribution < 1.29 is 13.9 Å². The smallest absolute Gasteiger partial charge is 0.224 e. The first kappa shape index (κ1) is 25.0. The van der Waals surface area contributed by atoms with Crippen molar-refractivity contribution in [2.24, 2.45) is 17.6 Å². The molecular formula is C24H28Cl2FN7O2. The molecular weight excluding hydrogens is 508 g/mol. The van der Waals surface area contributed by atoms with Crippen LogP contribution in [-0.2, 0) is 9.53 Å². The molecule has 2 atom stereocenters. The maximum absolute atomic E-state index is 14.8. The van der Waals surface area contributed by atoms with Gasteiger partial charge in [-0.15, -0.1) is 0 Å². The Balaban J connectivity index is 1.53. The summed E-state index contributed by atoms with van der Waals surface area (Å²) in [4.78, 5) is 25.7. The highest BCUT2D eigenvalue weighted by atomic mass is 35.5. The third kappa shape index (κ3) is 5.07. The highest BCUT2D eigenvalue weighted by Gasteiger charge is 2.30. The van der Waals surface area contributed by atoms with Crippen LogP contribution < -0.4 is 16.4 Å². The van der Waals surface area contributed by atoms with Crippen LogP contribution in [0.25, 0.3) is 11.2 Å². The predicted molar refractivity (Wildman–Crippen MR) is 137 cm³/mol. The fraction of sp³-hybridized carbons (Fsp3) is 0.500. The minimum atomic E-state index is -0.592. The molecule has 0 bridgehead atoms. The minimum Gasteiger partial charge on any atom is -0.381 e. The number of amides is 1. The van der Waals surface area contributed by atoms with E-state index in [0.29, 0.717) is 67.9 Å². The molecule has 1 saturated heterocycles. The van der Waals surface area contributed by atoms with Crippen molar-refractivity contribution in [2.75, 3.05) is 23.8 Å². The van der Waals surface area contributed by atoms with E-state index in [0.717, 1.165) is 6.42 Å². The number of anilines is 3. The molecule has 9 nitrogen and oxygen atoms in total. The van der Waals surface area contributed by atoms with Gasteiger partial charge in [-0.1, -0.05) is 30.1 Å². The molecule has 0 radical (unpaired) electrons. The highest BCUT2D eigenvalue weighted by molar-refractivity contribution is 6.36. The molecule has 0 spiro atoms. The first-order valence-corrected chi connectivity index (χ1v) is 12.9. The summed E-state index contributed by atoms with van der Waals surface area (Å²) < 4.78 is 22.3. The van der Waals surface area contributed by atoms with Gasteiger partial charge in [-0.05, 0) is 50.2 Å². The number of hydrogen-bond acceptors (Lipinski definition) is 7. The average molecular weight is 536 g/mol. The fourth-order valence-corrected chi connectivity index (χ4v) is 5.56. The molecule has 1 amide bonds. The van der Waals surface area contributed by atoms with Gasteiger partial charge >= 0.3 is 0 Å². The number of hydrogen-bond donors (Lipinski definition) is 3. The van der Waals surface area contributed by atoms with Gasteiger partial charge in [0.15, 0.2) is 5.65 Å². The Kier molecular flexibility index (Phi) is 7.18. The number of nitrogens with one attached hydrogen (secondary N) is 2. The molecule has 5 rings (SSSR count). The average Bonchev–Trinajstić information content (AvgIpc) is 3.20. The van der Waals surface area contributed by atoms with Gasteiger partial charge in [0, 0.05) is 29.6 Å². The summed E-state index contributed by atoms with van der Waals surface area (Å²) in [6, 6.07) is 2.83. The molecule has 0 unspecified atom stereocenters. The van der Waals surface area contributed by atoms with Crippen LogP contribution in [0.15, 0.2) is 18.3 Å². The number of rotatable bonds is 6. The van der Waals surface area contributed by atoms with Crippen molar-refractivity contribution in [3.8, 4) is 0 Å². The number of nitrogens with zero attached hydrogens (tertiary/aromatic N) is 4. The molecule has 3 aromatic rings. The topological polar surface area (TPSA) is 120 Å². The molecule has 1 aromatic carbocycles. The second-order valence-electron chi connectivity index (χ2n) is 9.58. The number of halogens is 3. The Hall–Kier alpha value is -2.69. The van der Waals surface area contributed by atoms with Gasteiger partial charge in [0.2, 0.25) is 17.8 Å². The Morgan fingerprint density at radius 2 is 1.97 bits per heavy atom. The Morgan fingerprint density at radius 3 is 2.67 bits per heavy atom. The number of imidazole rings is 1. The van der Waals surface area contributed by atoms with Gasteiger partial charge in [-0.2, -0.15) is 4.98 Å². The summed E-state index contributed by atoms with van der Waals surface area (Å²) in [5, 5.41) is 6.83. The second kappa shape index (κ2) is 10.4. The summed E-state index contributed by atoms with van der Waals surface area (Å²) in [6.07, 6.45) is 5.24. The molecule has 36 heavy (non-hydrogen) atoms. The van der Waals surface area contributed by atoms with Crippen LogP contribution >= 0.6 is 23.2 Å². The van der Waals surface area contributed by atoms with Gasteiger partial charge in [-0.3, -0.25) is 9.36 Å². The highest BCUT2D eigenvalue weighted by Crippen LogP contribution is 2.38. The zero-order valence-corrected chi connectivity index (χ0v) is 21.3. The number of benzene rings is 1. The predicted octanol–water partition coefficient (Wildman–Crippen LogP) is 5.07. The summed E-state index contributed by atoms with van der Waals surface area (Å²) in [6.45, 7) is 3.50. The summed E-state index contributed by atoms with van der Waals surface area (Å²) in [5.74, 6) is 0.177. The van der Waals surface area contributed by atoms with Crippen molar-refractivity contribution in [1.29, 1.82) is 0 Å². The lowest BCUT2D eigenvalue weighted by molar-refractivity contribution is -0.122. The Morgan fingerprint density at radius 1 is 1.19 bits per heavy atom. The first-order chi connectivity index (χ1) is 17.3. The summed E-state index contributed by atoms with van der Waals surface area (Å²) >= 11 is 12.2. The molecule has 1 aliphatic heterocycles. The van der Waals surface area contributed by atoms with Crippen LogP contribution in [0.1, 0.15) is 45.1 Å². The maximum atomic E-state index is 14.8. The number of carbonyl (C=O) groups is 1. The van der Waals surface area contributed by atoms with Crippen molar-refractivity contribution in [3.05, 3.63) is 34.2 Å². The van der Waals surface area contributed by atoms with Crippen LogP contribution in [0, 0.1) is 17.7 Å². The Bertz CT molecular complexity index is 1260. The lowest BCUT2D eigenvalue weighted by Gasteiger charge is -2.30.